The van der Waals surface area contributed by atoms with Crippen LogP contribution in [0, 0.1) is 17.2 Å². The highest BCUT2D eigenvalue weighted by Crippen LogP contribution is 2.23. The highest BCUT2D eigenvalue weighted by atomic mass is 16.5. The Labute approximate surface area is 153 Å². The van der Waals surface area contributed by atoms with E-state index in [-0.39, 0.29) is 24.1 Å². The van der Waals surface area contributed by atoms with E-state index in [0.717, 1.165) is 19.3 Å². The first-order chi connectivity index (χ1) is 12.5. The lowest BCUT2D eigenvalue weighted by molar-refractivity contribution is -0.144. The second kappa shape index (κ2) is 9.62. The normalized spacial score (nSPS) is 20.0. The fraction of sp³-hybridized carbons (Fsp3) is 0.450. The lowest BCUT2D eigenvalue weighted by Crippen LogP contribution is -2.42. The third kappa shape index (κ3) is 5.62. The molecule has 1 aliphatic rings. The van der Waals surface area contributed by atoms with Crippen LogP contribution in [0.15, 0.2) is 29.8 Å². The Bertz CT molecular complexity index is 721. The van der Waals surface area contributed by atoms with Gasteiger partial charge in [-0.1, -0.05) is 31.9 Å². The van der Waals surface area contributed by atoms with E-state index in [2.05, 4.69) is 12.2 Å². The third-order valence-electron chi connectivity index (χ3n) is 4.54. The average molecular weight is 356 g/mol. The van der Waals surface area contributed by atoms with E-state index in [4.69, 9.17) is 9.47 Å². The van der Waals surface area contributed by atoms with E-state index in [1.807, 2.05) is 6.07 Å². The van der Waals surface area contributed by atoms with E-state index in [1.54, 1.807) is 24.3 Å². The molecule has 1 fully saturated rings. The zero-order valence-electron chi connectivity index (χ0n) is 15.2. The molecule has 1 aliphatic carbocycles. The monoisotopic (exact) mass is 356 g/mol. The minimum Gasteiger partial charge on any atom is -0.497 e. The van der Waals surface area contributed by atoms with Crippen molar-refractivity contribution in [2.75, 3.05) is 13.7 Å². The van der Waals surface area contributed by atoms with Gasteiger partial charge in [0, 0.05) is 6.04 Å². The third-order valence-corrected chi connectivity index (χ3v) is 4.54. The van der Waals surface area contributed by atoms with Gasteiger partial charge in [-0.15, -0.1) is 0 Å². The van der Waals surface area contributed by atoms with E-state index in [1.165, 1.54) is 19.6 Å². The van der Waals surface area contributed by atoms with Gasteiger partial charge in [0.1, 0.15) is 17.4 Å². The van der Waals surface area contributed by atoms with Crippen LogP contribution < -0.4 is 10.1 Å². The van der Waals surface area contributed by atoms with Gasteiger partial charge in [-0.2, -0.15) is 5.26 Å². The van der Waals surface area contributed by atoms with Crippen molar-refractivity contribution in [2.24, 2.45) is 5.92 Å². The molecule has 6 nitrogen and oxygen atoms in total. The number of rotatable bonds is 6. The molecule has 0 unspecified atom stereocenters. The average Bonchev–Trinajstić information content (AvgIpc) is 2.66. The Balaban J connectivity index is 1.91. The minimum atomic E-state index is -0.817. The molecule has 1 aromatic rings. The van der Waals surface area contributed by atoms with Crippen LogP contribution >= 0.6 is 0 Å². The lowest BCUT2D eigenvalue weighted by Gasteiger charge is -2.29. The van der Waals surface area contributed by atoms with Gasteiger partial charge in [-0.3, -0.25) is 4.79 Å². The molecule has 0 saturated heterocycles. The summed E-state index contributed by atoms with van der Waals surface area (Å²) in [5, 5.41) is 12.1. The number of nitrogens with one attached hydrogen (secondary N) is 1. The molecule has 2 atom stereocenters. The minimum absolute atomic E-state index is 0.123. The molecular formula is C20H24N2O4. The van der Waals surface area contributed by atoms with Crippen LogP contribution in [0.3, 0.4) is 0 Å². The second-order valence-electron chi connectivity index (χ2n) is 6.46. The largest absolute Gasteiger partial charge is 0.497 e. The van der Waals surface area contributed by atoms with Gasteiger partial charge in [0.2, 0.25) is 0 Å². The smallest absolute Gasteiger partial charge is 0.349 e. The molecule has 1 amide bonds. The van der Waals surface area contributed by atoms with Crippen LogP contribution in [0.5, 0.6) is 5.75 Å². The Kier molecular flexibility index (Phi) is 7.22. The molecule has 0 spiro atoms. The van der Waals surface area contributed by atoms with Crippen LogP contribution in [-0.4, -0.2) is 31.6 Å². The van der Waals surface area contributed by atoms with Gasteiger partial charge in [0.25, 0.3) is 5.91 Å². The highest BCUT2D eigenvalue weighted by molar-refractivity contribution is 5.98. The Morgan fingerprint density at radius 1 is 1.35 bits per heavy atom. The number of carbonyl (C=O) groups excluding carboxylic acids is 2. The van der Waals surface area contributed by atoms with Gasteiger partial charge in [-0.25, -0.2) is 4.79 Å². The topological polar surface area (TPSA) is 88.4 Å². The van der Waals surface area contributed by atoms with Crippen molar-refractivity contribution in [1.82, 2.24) is 5.32 Å². The molecule has 6 heteroatoms. The van der Waals surface area contributed by atoms with E-state index < -0.39 is 5.97 Å². The highest BCUT2D eigenvalue weighted by Gasteiger charge is 2.23. The quantitative estimate of drug-likeness (QED) is 0.481. The predicted octanol–water partition coefficient (Wildman–Crippen LogP) is 2.84. The number of benzene rings is 1. The second-order valence-corrected chi connectivity index (χ2v) is 6.46. The van der Waals surface area contributed by atoms with Crippen molar-refractivity contribution >= 4 is 18.0 Å². The summed E-state index contributed by atoms with van der Waals surface area (Å²) in [4.78, 5) is 24.1. The molecule has 1 saturated carbocycles. The number of hydrogen-bond acceptors (Lipinski definition) is 5. The standard InChI is InChI=1S/C20H24N2O4/c1-14-6-3-4-9-18(14)22-19(23)13-26-20(24)16(12-21)10-15-7-5-8-17(11-15)25-2/h5,7-8,10-11,14,18H,3-4,6,9,13H2,1-2H3,(H,22,23)/b16-10+/t14-,18+/m1/s1. The number of methoxy groups -OCH3 is 1. The molecule has 0 bridgehead atoms. The van der Waals surface area contributed by atoms with Gasteiger partial charge >= 0.3 is 5.97 Å². The lowest BCUT2D eigenvalue weighted by atomic mass is 9.86. The molecule has 0 aliphatic heterocycles. The number of carbonyl (C=O) groups is 2. The Morgan fingerprint density at radius 3 is 2.81 bits per heavy atom. The molecule has 1 N–H and O–H groups in total. The summed E-state index contributed by atoms with van der Waals surface area (Å²) in [6.07, 6.45) is 5.72. The van der Waals surface area contributed by atoms with Crippen LogP contribution in [0.1, 0.15) is 38.2 Å². The van der Waals surface area contributed by atoms with Crippen LogP contribution in [0.2, 0.25) is 0 Å². The number of esters is 1. The summed E-state index contributed by atoms with van der Waals surface area (Å²) >= 11 is 0. The van der Waals surface area contributed by atoms with Gasteiger partial charge in [0.15, 0.2) is 6.61 Å². The first kappa shape index (κ1) is 19.5. The summed E-state index contributed by atoms with van der Waals surface area (Å²) < 4.78 is 10.1. The first-order valence-corrected chi connectivity index (χ1v) is 8.76. The fourth-order valence-corrected chi connectivity index (χ4v) is 3.02. The number of nitrogens with zero attached hydrogens (tertiary/aromatic N) is 1. The van der Waals surface area contributed by atoms with E-state index >= 15 is 0 Å². The summed E-state index contributed by atoms with van der Waals surface area (Å²) in [5.41, 5.74) is 0.468. The van der Waals surface area contributed by atoms with Crippen LogP contribution in [0.25, 0.3) is 6.08 Å². The molecule has 0 heterocycles. The van der Waals surface area contributed by atoms with Gasteiger partial charge in [0.05, 0.1) is 7.11 Å². The zero-order valence-corrected chi connectivity index (χ0v) is 15.2. The molecule has 0 aromatic heterocycles. The number of ether oxygens (including phenoxy) is 2. The van der Waals surface area contributed by atoms with Crippen molar-refractivity contribution in [3.63, 3.8) is 0 Å². The molecule has 0 radical (unpaired) electrons. The molecule has 1 aromatic carbocycles. The van der Waals surface area contributed by atoms with Crippen molar-refractivity contribution < 1.29 is 19.1 Å². The molecule has 2 rings (SSSR count). The number of nitriles is 1. The molecular weight excluding hydrogens is 332 g/mol. The van der Waals surface area contributed by atoms with Gasteiger partial charge in [-0.05, 0) is 42.5 Å². The van der Waals surface area contributed by atoms with Crippen LogP contribution in [0.4, 0.5) is 0 Å². The molecule has 138 valence electrons. The van der Waals surface area contributed by atoms with Crippen molar-refractivity contribution in [3.8, 4) is 11.8 Å². The first-order valence-electron chi connectivity index (χ1n) is 8.76. The van der Waals surface area contributed by atoms with Crippen molar-refractivity contribution in [1.29, 1.82) is 5.26 Å². The van der Waals surface area contributed by atoms with Gasteiger partial charge < -0.3 is 14.8 Å². The van der Waals surface area contributed by atoms with E-state index in [0.29, 0.717) is 17.2 Å². The van der Waals surface area contributed by atoms with E-state index in [9.17, 15) is 14.9 Å². The maximum Gasteiger partial charge on any atom is 0.349 e. The summed E-state index contributed by atoms with van der Waals surface area (Å²) in [7, 11) is 1.54. The maximum absolute atomic E-state index is 12.1. The Morgan fingerprint density at radius 2 is 2.12 bits per heavy atom. The van der Waals surface area contributed by atoms with Crippen LogP contribution in [-0.2, 0) is 14.3 Å². The SMILES string of the molecule is COc1cccc(/C=C(\C#N)C(=O)OCC(=O)N[C@H]2CCCC[C@H]2C)c1. The summed E-state index contributed by atoms with van der Waals surface area (Å²) in [5.74, 6) is -0.116. The zero-order chi connectivity index (χ0) is 18.9. The fourth-order valence-electron chi connectivity index (χ4n) is 3.02. The molecule has 26 heavy (non-hydrogen) atoms. The Hall–Kier alpha value is -2.81. The van der Waals surface area contributed by atoms with Crippen molar-refractivity contribution in [2.45, 2.75) is 38.6 Å². The van der Waals surface area contributed by atoms with Crippen molar-refractivity contribution in [3.05, 3.63) is 35.4 Å². The maximum atomic E-state index is 12.1. The predicted molar refractivity (Wildman–Crippen MR) is 97.1 cm³/mol. The number of hydrogen-bond donors (Lipinski definition) is 1. The number of amides is 1. The summed E-state index contributed by atoms with van der Waals surface area (Å²) in [6.45, 7) is 1.72. The summed E-state index contributed by atoms with van der Waals surface area (Å²) in [6, 6.07) is 8.89.